The highest BCUT2D eigenvalue weighted by atomic mass is 16.5. The Balaban J connectivity index is 0.000000257. The summed E-state index contributed by atoms with van der Waals surface area (Å²) in [5.74, 6) is 0.861. The van der Waals surface area contributed by atoms with Crippen LogP contribution in [0.3, 0.4) is 0 Å². The number of ketones is 1. The first-order valence-electron chi connectivity index (χ1n) is 10.8. The van der Waals surface area contributed by atoms with Gasteiger partial charge in [0.25, 0.3) is 0 Å². The van der Waals surface area contributed by atoms with Crippen LogP contribution in [0.1, 0.15) is 21.5 Å². The monoisotopic (exact) mass is 435 g/mol. The molecule has 0 aliphatic carbocycles. The number of rotatable bonds is 6. The van der Waals surface area contributed by atoms with Crippen LogP contribution in [0.5, 0.6) is 5.75 Å². The van der Waals surface area contributed by atoms with Crippen LogP contribution in [0.15, 0.2) is 110 Å². The van der Waals surface area contributed by atoms with E-state index >= 15 is 0 Å². The Labute approximate surface area is 196 Å². The molecule has 33 heavy (non-hydrogen) atoms. The second-order valence-electron chi connectivity index (χ2n) is 7.63. The van der Waals surface area contributed by atoms with Gasteiger partial charge in [-0.25, -0.2) is 0 Å². The van der Waals surface area contributed by atoms with Gasteiger partial charge in [0.05, 0.1) is 7.11 Å². The molecule has 0 aromatic heterocycles. The SMILES string of the molecule is C=CC(=O)c1ccccc1.COc1ccc2ccccc2c1C(=Cc1ccccc1)N(C)C. The molecule has 0 N–H and O–H groups in total. The predicted molar refractivity (Wildman–Crippen MR) is 139 cm³/mol. The zero-order valence-electron chi connectivity index (χ0n) is 19.4. The van der Waals surface area contributed by atoms with Crippen LogP contribution >= 0.6 is 0 Å². The fourth-order valence-electron chi connectivity index (χ4n) is 3.54. The van der Waals surface area contributed by atoms with Crippen LogP contribution in [0.2, 0.25) is 0 Å². The molecule has 0 atom stereocenters. The van der Waals surface area contributed by atoms with E-state index < -0.39 is 0 Å². The topological polar surface area (TPSA) is 29.5 Å². The average Bonchev–Trinajstić information content (AvgIpc) is 2.87. The minimum atomic E-state index is -0.0272. The van der Waals surface area contributed by atoms with E-state index in [9.17, 15) is 4.79 Å². The highest BCUT2D eigenvalue weighted by Gasteiger charge is 2.14. The molecule has 4 aromatic rings. The summed E-state index contributed by atoms with van der Waals surface area (Å²) in [4.78, 5) is 13.0. The molecular weight excluding hydrogens is 406 g/mol. The molecule has 0 bridgehead atoms. The highest BCUT2D eigenvalue weighted by molar-refractivity contribution is 6.04. The number of nitrogens with zero attached hydrogens (tertiary/aromatic N) is 1. The molecule has 3 nitrogen and oxygen atoms in total. The summed E-state index contributed by atoms with van der Waals surface area (Å²) in [7, 11) is 5.86. The third kappa shape index (κ3) is 5.98. The van der Waals surface area contributed by atoms with Crippen molar-refractivity contribution in [2.75, 3.05) is 21.2 Å². The van der Waals surface area contributed by atoms with Gasteiger partial charge in [-0.1, -0.05) is 97.6 Å². The zero-order chi connectivity index (χ0) is 23.6. The van der Waals surface area contributed by atoms with Gasteiger partial charge < -0.3 is 9.64 Å². The minimum absolute atomic E-state index is 0.0272. The summed E-state index contributed by atoms with van der Waals surface area (Å²) in [6.07, 6.45) is 3.51. The van der Waals surface area contributed by atoms with E-state index in [0.717, 1.165) is 17.0 Å². The molecule has 0 aliphatic heterocycles. The Morgan fingerprint density at radius 1 is 0.818 bits per heavy atom. The second-order valence-corrected chi connectivity index (χ2v) is 7.63. The lowest BCUT2D eigenvalue weighted by atomic mass is 9.99. The fourth-order valence-corrected chi connectivity index (χ4v) is 3.54. The number of methoxy groups -OCH3 is 1. The Morgan fingerprint density at radius 2 is 1.42 bits per heavy atom. The molecule has 0 unspecified atom stereocenters. The van der Waals surface area contributed by atoms with Gasteiger partial charge in [0.2, 0.25) is 0 Å². The van der Waals surface area contributed by atoms with E-state index in [-0.39, 0.29) is 5.78 Å². The summed E-state index contributed by atoms with van der Waals surface area (Å²) in [6.45, 7) is 3.39. The van der Waals surface area contributed by atoms with Crippen molar-refractivity contribution in [3.63, 3.8) is 0 Å². The average molecular weight is 436 g/mol. The van der Waals surface area contributed by atoms with Crippen LogP contribution in [0.4, 0.5) is 0 Å². The van der Waals surface area contributed by atoms with Crippen molar-refractivity contribution < 1.29 is 9.53 Å². The molecule has 0 aliphatic rings. The Morgan fingerprint density at radius 3 is 2.03 bits per heavy atom. The van der Waals surface area contributed by atoms with E-state index in [1.807, 2.05) is 30.3 Å². The van der Waals surface area contributed by atoms with Crippen LogP contribution in [-0.4, -0.2) is 31.9 Å². The molecule has 3 heteroatoms. The smallest absolute Gasteiger partial charge is 0.185 e. The largest absolute Gasteiger partial charge is 0.496 e. The van der Waals surface area contributed by atoms with Gasteiger partial charge in [-0.3, -0.25) is 4.79 Å². The maximum absolute atomic E-state index is 10.9. The summed E-state index contributed by atoms with van der Waals surface area (Å²) >= 11 is 0. The summed E-state index contributed by atoms with van der Waals surface area (Å²) in [5, 5.41) is 2.41. The van der Waals surface area contributed by atoms with E-state index in [1.165, 1.54) is 22.4 Å². The molecule has 0 fully saturated rings. The minimum Gasteiger partial charge on any atom is -0.496 e. The van der Waals surface area contributed by atoms with Crippen molar-refractivity contribution in [2.45, 2.75) is 0 Å². The molecule has 166 valence electrons. The third-order valence-electron chi connectivity index (χ3n) is 5.20. The Hall–Kier alpha value is -4.11. The van der Waals surface area contributed by atoms with Gasteiger partial charge in [0.1, 0.15) is 5.75 Å². The Kier molecular flexibility index (Phi) is 8.20. The van der Waals surface area contributed by atoms with Crippen molar-refractivity contribution in [1.82, 2.24) is 4.90 Å². The van der Waals surface area contributed by atoms with Crippen LogP contribution in [0, 0.1) is 0 Å². The van der Waals surface area contributed by atoms with Crippen molar-refractivity contribution in [3.05, 3.63) is 126 Å². The third-order valence-corrected chi connectivity index (χ3v) is 5.20. The lowest BCUT2D eigenvalue weighted by molar-refractivity contribution is 0.104. The lowest BCUT2D eigenvalue weighted by Crippen LogP contribution is -2.11. The van der Waals surface area contributed by atoms with E-state index in [0.29, 0.717) is 5.56 Å². The fraction of sp³-hybridized carbons (Fsp3) is 0.100. The number of carbonyl (C=O) groups excluding carboxylic acids is 1. The van der Waals surface area contributed by atoms with Gasteiger partial charge in [-0.05, 0) is 34.6 Å². The number of benzene rings is 4. The number of ether oxygens (including phenoxy) is 1. The van der Waals surface area contributed by atoms with Gasteiger partial charge in [-0.15, -0.1) is 0 Å². The van der Waals surface area contributed by atoms with E-state index in [4.69, 9.17) is 4.74 Å². The number of hydrogen-bond donors (Lipinski definition) is 0. The maximum atomic E-state index is 10.9. The van der Waals surface area contributed by atoms with Crippen molar-refractivity contribution in [1.29, 1.82) is 0 Å². The van der Waals surface area contributed by atoms with Crippen LogP contribution in [-0.2, 0) is 0 Å². The molecule has 4 aromatic carbocycles. The molecule has 0 radical (unpaired) electrons. The van der Waals surface area contributed by atoms with E-state index in [1.54, 1.807) is 19.2 Å². The van der Waals surface area contributed by atoms with Gasteiger partial charge >= 0.3 is 0 Å². The van der Waals surface area contributed by atoms with Crippen molar-refractivity contribution in [2.24, 2.45) is 0 Å². The molecule has 0 heterocycles. The first-order chi connectivity index (χ1) is 16.0. The second kappa shape index (κ2) is 11.5. The number of hydrogen-bond acceptors (Lipinski definition) is 3. The van der Waals surface area contributed by atoms with Gasteiger partial charge in [0.15, 0.2) is 5.78 Å². The molecule has 0 spiro atoms. The summed E-state index contributed by atoms with van der Waals surface area (Å²) in [5.41, 5.74) is 4.12. The first-order valence-corrected chi connectivity index (χ1v) is 10.8. The quantitative estimate of drug-likeness (QED) is 0.186. The zero-order valence-corrected chi connectivity index (χ0v) is 19.4. The highest BCUT2D eigenvalue weighted by Crippen LogP contribution is 2.35. The van der Waals surface area contributed by atoms with Gasteiger partial charge in [-0.2, -0.15) is 0 Å². The van der Waals surface area contributed by atoms with Crippen molar-refractivity contribution >= 4 is 28.3 Å². The molecule has 0 amide bonds. The predicted octanol–water partition coefficient (Wildman–Crippen LogP) is 6.96. The van der Waals surface area contributed by atoms with Gasteiger partial charge in [0, 0.05) is 30.9 Å². The van der Waals surface area contributed by atoms with Crippen molar-refractivity contribution in [3.8, 4) is 5.75 Å². The summed E-state index contributed by atoms with van der Waals surface area (Å²) in [6, 6.07) is 32.0. The lowest BCUT2D eigenvalue weighted by Gasteiger charge is -2.22. The van der Waals surface area contributed by atoms with Crippen LogP contribution < -0.4 is 4.74 Å². The number of carbonyl (C=O) groups is 1. The number of fused-ring (bicyclic) bond motifs is 1. The maximum Gasteiger partial charge on any atom is 0.185 e. The van der Waals surface area contributed by atoms with E-state index in [2.05, 4.69) is 86.2 Å². The first kappa shape index (κ1) is 23.6. The van der Waals surface area contributed by atoms with Crippen LogP contribution in [0.25, 0.3) is 22.5 Å². The normalized spacial score (nSPS) is 10.7. The summed E-state index contributed by atoms with van der Waals surface area (Å²) < 4.78 is 5.65. The molecule has 0 saturated heterocycles. The number of allylic oxidation sites excluding steroid dienone is 1. The molecular formula is C30H29NO2. The standard InChI is InChI=1S/C21H21NO.C9H8O/c1-22(2)19(15-16-9-5-4-6-10-16)21-18-12-8-7-11-17(18)13-14-20(21)23-3;1-2-9(10)8-6-4-3-5-7-8/h4-15H,1-3H3;2-7H,1H2. The molecule has 0 saturated carbocycles. The Bertz CT molecular complexity index is 1240. The molecule has 4 rings (SSSR count).